The Bertz CT molecular complexity index is 276. The van der Waals surface area contributed by atoms with Crippen LogP contribution in [-0.2, 0) is 0 Å². The Hall–Kier alpha value is -0.270. The Morgan fingerprint density at radius 3 is 2.31 bits per heavy atom. The molecule has 0 radical (unpaired) electrons. The lowest BCUT2D eigenvalue weighted by Gasteiger charge is -2.24. The summed E-state index contributed by atoms with van der Waals surface area (Å²) in [7, 11) is 0. The second-order valence-corrected chi connectivity index (χ2v) is 6.54. The van der Waals surface area contributed by atoms with Crippen molar-refractivity contribution in [1.82, 2.24) is 4.90 Å². The van der Waals surface area contributed by atoms with E-state index in [9.17, 15) is 0 Å². The highest BCUT2D eigenvalue weighted by Gasteiger charge is 2.30. The monoisotopic (exact) mass is 254 g/mol. The standard InChI is InChI=1S/C12H18N2S2/c13-6-1-7-16-12(15)14-8-10-2-3-11(9-14)5-4-10/h10-11H,1-5,7-9H2. The number of nitrogens with zero attached hydrogens (tertiary/aromatic N) is 2. The van der Waals surface area contributed by atoms with E-state index in [2.05, 4.69) is 11.0 Å². The molecule has 0 N–H and O–H groups in total. The SMILES string of the molecule is N#CCCSC(=S)N1CC2CCC(CC2)C1. The lowest BCUT2D eigenvalue weighted by atomic mass is 9.84. The van der Waals surface area contributed by atoms with Gasteiger partial charge in [-0.05, 0) is 37.5 Å². The van der Waals surface area contributed by atoms with Crippen molar-refractivity contribution in [3.63, 3.8) is 0 Å². The van der Waals surface area contributed by atoms with Crippen molar-refractivity contribution in [2.75, 3.05) is 18.8 Å². The zero-order valence-corrected chi connectivity index (χ0v) is 11.2. The molecule has 2 bridgehead atoms. The topological polar surface area (TPSA) is 27.0 Å². The van der Waals surface area contributed by atoms with Gasteiger partial charge in [-0.3, -0.25) is 0 Å². The summed E-state index contributed by atoms with van der Waals surface area (Å²) in [4.78, 5) is 2.40. The number of fused-ring (bicyclic) bond motifs is 4. The summed E-state index contributed by atoms with van der Waals surface area (Å²) in [6, 6.07) is 2.17. The Morgan fingerprint density at radius 2 is 1.81 bits per heavy atom. The van der Waals surface area contributed by atoms with Crippen molar-refractivity contribution < 1.29 is 0 Å². The quantitative estimate of drug-likeness (QED) is 0.559. The molecule has 88 valence electrons. The van der Waals surface area contributed by atoms with Crippen LogP contribution in [0.2, 0.25) is 0 Å². The summed E-state index contributed by atoms with van der Waals surface area (Å²) < 4.78 is 1.02. The fraction of sp³-hybridized carbons (Fsp3) is 0.833. The predicted octanol–water partition coefficient (Wildman–Crippen LogP) is 3.04. The maximum atomic E-state index is 8.51. The van der Waals surface area contributed by atoms with Gasteiger partial charge in [0.2, 0.25) is 0 Å². The van der Waals surface area contributed by atoms with E-state index in [4.69, 9.17) is 17.5 Å². The van der Waals surface area contributed by atoms with Gasteiger partial charge in [0.05, 0.1) is 6.07 Å². The molecule has 1 saturated carbocycles. The first kappa shape index (κ1) is 12.2. The molecule has 2 saturated heterocycles. The average molecular weight is 254 g/mol. The lowest BCUT2D eigenvalue weighted by Crippen LogP contribution is -2.31. The zero-order chi connectivity index (χ0) is 11.4. The molecule has 0 amide bonds. The highest BCUT2D eigenvalue weighted by Crippen LogP contribution is 2.34. The van der Waals surface area contributed by atoms with Gasteiger partial charge in [0.1, 0.15) is 4.32 Å². The maximum Gasteiger partial charge on any atom is 0.136 e. The molecule has 0 aromatic rings. The molecule has 1 aliphatic carbocycles. The summed E-state index contributed by atoms with van der Waals surface area (Å²) in [5.74, 6) is 2.59. The van der Waals surface area contributed by atoms with Crippen LogP contribution in [0, 0.1) is 23.2 Å². The van der Waals surface area contributed by atoms with E-state index in [1.54, 1.807) is 11.8 Å². The van der Waals surface area contributed by atoms with Crippen LogP contribution in [0.1, 0.15) is 32.1 Å². The van der Waals surface area contributed by atoms with Crippen LogP contribution in [0.5, 0.6) is 0 Å². The van der Waals surface area contributed by atoms with E-state index in [0.29, 0.717) is 6.42 Å². The molecular weight excluding hydrogens is 236 g/mol. The molecule has 3 fully saturated rings. The molecule has 2 nitrogen and oxygen atoms in total. The molecule has 16 heavy (non-hydrogen) atoms. The van der Waals surface area contributed by atoms with Crippen molar-refractivity contribution in [3.8, 4) is 6.07 Å². The van der Waals surface area contributed by atoms with Crippen LogP contribution in [0.4, 0.5) is 0 Å². The smallest absolute Gasteiger partial charge is 0.136 e. The predicted molar refractivity (Wildman–Crippen MR) is 72.3 cm³/mol. The van der Waals surface area contributed by atoms with Crippen LogP contribution < -0.4 is 0 Å². The summed E-state index contributed by atoms with van der Waals surface area (Å²) in [5, 5.41) is 8.51. The first-order valence-corrected chi connectivity index (χ1v) is 7.47. The molecule has 0 atom stereocenters. The average Bonchev–Trinajstić information content (AvgIpc) is 2.62. The van der Waals surface area contributed by atoms with Crippen molar-refractivity contribution in [3.05, 3.63) is 0 Å². The first-order chi connectivity index (χ1) is 7.79. The van der Waals surface area contributed by atoms with E-state index in [0.717, 1.165) is 35.0 Å². The van der Waals surface area contributed by atoms with Crippen LogP contribution >= 0.6 is 24.0 Å². The number of thioether (sulfide) groups is 1. The van der Waals surface area contributed by atoms with E-state index in [1.165, 1.54) is 25.7 Å². The van der Waals surface area contributed by atoms with Crippen LogP contribution in [0.15, 0.2) is 0 Å². The molecule has 0 spiro atoms. The minimum atomic E-state index is 0.603. The van der Waals surface area contributed by atoms with E-state index in [-0.39, 0.29) is 0 Å². The third-order valence-corrected chi connectivity index (χ3v) is 5.15. The fourth-order valence-corrected chi connectivity index (χ4v) is 3.82. The maximum absolute atomic E-state index is 8.51. The van der Waals surface area contributed by atoms with Gasteiger partial charge in [0.25, 0.3) is 0 Å². The highest BCUT2D eigenvalue weighted by atomic mass is 32.2. The number of hydrogen-bond donors (Lipinski definition) is 0. The normalized spacial score (nSPS) is 28.6. The van der Waals surface area contributed by atoms with Gasteiger partial charge in [-0.2, -0.15) is 5.26 Å². The van der Waals surface area contributed by atoms with E-state index < -0.39 is 0 Å². The first-order valence-electron chi connectivity index (χ1n) is 6.08. The van der Waals surface area contributed by atoms with Gasteiger partial charge < -0.3 is 4.90 Å². The van der Waals surface area contributed by atoms with Crippen molar-refractivity contribution in [1.29, 1.82) is 5.26 Å². The minimum Gasteiger partial charge on any atom is -0.357 e. The van der Waals surface area contributed by atoms with Crippen LogP contribution in [0.25, 0.3) is 0 Å². The molecule has 0 unspecified atom stereocenters. The van der Waals surface area contributed by atoms with Gasteiger partial charge >= 0.3 is 0 Å². The molecule has 3 rings (SSSR count). The summed E-state index contributed by atoms with van der Waals surface area (Å²) >= 11 is 7.14. The lowest BCUT2D eigenvalue weighted by molar-refractivity contribution is 0.326. The number of thiocarbonyl (C=S) groups is 1. The Kier molecular flexibility index (Phi) is 4.48. The van der Waals surface area contributed by atoms with Crippen molar-refractivity contribution in [2.45, 2.75) is 32.1 Å². The Balaban J connectivity index is 1.84. The molecule has 2 aliphatic heterocycles. The molecule has 0 aromatic heterocycles. The second-order valence-electron chi connectivity index (χ2n) is 4.81. The van der Waals surface area contributed by atoms with E-state index >= 15 is 0 Å². The second kappa shape index (κ2) is 5.88. The number of hydrogen-bond acceptors (Lipinski definition) is 3. The zero-order valence-electron chi connectivity index (χ0n) is 9.52. The Labute approximate surface area is 107 Å². The van der Waals surface area contributed by atoms with Gasteiger partial charge in [-0.1, -0.05) is 24.0 Å². The molecule has 4 heteroatoms. The van der Waals surface area contributed by atoms with Gasteiger partial charge in [-0.25, -0.2) is 0 Å². The van der Waals surface area contributed by atoms with Crippen LogP contribution in [-0.4, -0.2) is 28.1 Å². The highest BCUT2D eigenvalue weighted by molar-refractivity contribution is 8.22. The molecular formula is C12H18N2S2. The largest absolute Gasteiger partial charge is 0.357 e. The van der Waals surface area contributed by atoms with Crippen molar-refractivity contribution in [2.24, 2.45) is 11.8 Å². The van der Waals surface area contributed by atoms with E-state index in [1.807, 2.05) is 0 Å². The molecule has 3 aliphatic rings. The number of nitriles is 1. The third kappa shape index (κ3) is 3.11. The Morgan fingerprint density at radius 1 is 1.25 bits per heavy atom. The fourth-order valence-electron chi connectivity index (χ4n) is 2.72. The summed E-state index contributed by atoms with van der Waals surface area (Å²) in [5.41, 5.74) is 0. The van der Waals surface area contributed by atoms with Gasteiger partial charge in [0.15, 0.2) is 0 Å². The minimum absolute atomic E-state index is 0.603. The number of rotatable bonds is 2. The summed E-state index contributed by atoms with van der Waals surface area (Å²) in [6.07, 6.45) is 6.18. The third-order valence-electron chi connectivity index (χ3n) is 3.62. The van der Waals surface area contributed by atoms with Gasteiger partial charge in [-0.15, -0.1) is 0 Å². The molecule has 2 heterocycles. The summed E-state index contributed by atoms with van der Waals surface area (Å²) in [6.45, 7) is 2.32. The molecule has 0 aromatic carbocycles. The van der Waals surface area contributed by atoms with Crippen LogP contribution in [0.3, 0.4) is 0 Å². The van der Waals surface area contributed by atoms with Crippen molar-refractivity contribution >= 4 is 28.3 Å². The van der Waals surface area contributed by atoms with Gasteiger partial charge in [0, 0.05) is 25.3 Å².